The summed E-state index contributed by atoms with van der Waals surface area (Å²) in [6, 6.07) is 9.00. The lowest BCUT2D eigenvalue weighted by Crippen LogP contribution is -2.27. The quantitative estimate of drug-likeness (QED) is 0.533. The number of ether oxygens (including phenoxy) is 1. The third kappa shape index (κ3) is 2.98. The van der Waals surface area contributed by atoms with Gasteiger partial charge in [0.15, 0.2) is 4.96 Å². The maximum absolute atomic E-state index is 12.2. The number of fused-ring (bicyclic) bond motifs is 3. The number of nitrogens with zero attached hydrogens (tertiary/aromatic N) is 2. The van der Waals surface area contributed by atoms with E-state index < -0.39 is 0 Å². The Morgan fingerprint density at radius 1 is 1.33 bits per heavy atom. The molecule has 0 atom stereocenters. The molecule has 4 rings (SSSR count). The zero-order valence-electron chi connectivity index (χ0n) is 12.4. The van der Waals surface area contributed by atoms with Crippen molar-refractivity contribution >= 4 is 55.5 Å². The van der Waals surface area contributed by atoms with Crippen LogP contribution in [0.25, 0.3) is 15.3 Å². The minimum atomic E-state index is -0.110. The summed E-state index contributed by atoms with van der Waals surface area (Å²) < 4.78 is 7.55. The zero-order chi connectivity index (χ0) is 16.5. The van der Waals surface area contributed by atoms with Gasteiger partial charge in [0.2, 0.25) is 0 Å². The summed E-state index contributed by atoms with van der Waals surface area (Å²) in [5, 5.41) is 5.50. The van der Waals surface area contributed by atoms with Gasteiger partial charge < -0.3 is 10.1 Å². The molecule has 1 amide bonds. The first-order valence-electron chi connectivity index (χ1n) is 7.22. The minimum Gasteiger partial charge on any atom is -0.492 e. The normalized spacial score (nSPS) is 11.2. The molecule has 4 aromatic rings. The van der Waals surface area contributed by atoms with Crippen molar-refractivity contribution in [2.24, 2.45) is 0 Å². The first kappa shape index (κ1) is 15.4. The van der Waals surface area contributed by atoms with Crippen LogP contribution >= 0.6 is 34.3 Å². The van der Waals surface area contributed by atoms with Crippen LogP contribution in [0.3, 0.4) is 0 Å². The fourth-order valence-corrected chi connectivity index (χ4v) is 4.15. The zero-order valence-corrected chi connectivity index (χ0v) is 14.7. The van der Waals surface area contributed by atoms with Gasteiger partial charge in [0.25, 0.3) is 5.91 Å². The molecule has 1 aromatic carbocycles. The van der Waals surface area contributed by atoms with E-state index in [-0.39, 0.29) is 5.91 Å². The van der Waals surface area contributed by atoms with Gasteiger partial charge in [-0.2, -0.15) is 0 Å². The number of hydrogen-bond donors (Lipinski definition) is 1. The largest absolute Gasteiger partial charge is 0.492 e. The summed E-state index contributed by atoms with van der Waals surface area (Å²) >= 11 is 8.80. The summed E-state index contributed by atoms with van der Waals surface area (Å²) in [5.41, 5.74) is 0.971. The molecule has 0 radical (unpaired) electrons. The van der Waals surface area contributed by atoms with Crippen molar-refractivity contribution in [3.05, 3.63) is 51.8 Å². The second kappa shape index (κ2) is 6.43. The van der Waals surface area contributed by atoms with E-state index in [1.54, 1.807) is 35.6 Å². The average molecular weight is 378 g/mol. The van der Waals surface area contributed by atoms with Crippen LogP contribution in [0.15, 0.2) is 41.9 Å². The predicted octanol–water partition coefficient (Wildman–Crippen LogP) is 4.07. The smallest absolute Gasteiger partial charge is 0.261 e. The van der Waals surface area contributed by atoms with Gasteiger partial charge in [-0.3, -0.25) is 9.20 Å². The fourth-order valence-electron chi connectivity index (χ4n) is 2.31. The van der Waals surface area contributed by atoms with Gasteiger partial charge in [-0.15, -0.1) is 22.7 Å². The number of aromatic nitrogens is 2. The van der Waals surface area contributed by atoms with Crippen LogP contribution in [0.5, 0.6) is 5.75 Å². The minimum absolute atomic E-state index is 0.110. The SMILES string of the molecule is O=C(NCCOc1ccc(Cl)cc1)c1cc2c(nc3sccn32)s1. The standard InChI is InChI=1S/C16H12ClN3O2S2/c17-10-1-3-11(4-2-10)22-7-5-18-14(21)13-9-12-15(24-13)19-16-20(12)6-8-23-16/h1-4,6,8-9H,5,7H2,(H,18,21). The number of benzene rings is 1. The highest BCUT2D eigenvalue weighted by Gasteiger charge is 2.14. The van der Waals surface area contributed by atoms with Crippen molar-refractivity contribution in [1.82, 2.24) is 14.7 Å². The average Bonchev–Trinajstić information content (AvgIpc) is 3.24. The second-order valence-electron chi connectivity index (χ2n) is 5.03. The van der Waals surface area contributed by atoms with Gasteiger partial charge in [-0.25, -0.2) is 4.98 Å². The number of thiazole rings is 1. The van der Waals surface area contributed by atoms with E-state index in [0.717, 1.165) is 21.1 Å². The summed E-state index contributed by atoms with van der Waals surface area (Å²) in [7, 11) is 0. The molecule has 0 unspecified atom stereocenters. The number of hydrogen-bond acceptors (Lipinski definition) is 5. The van der Waals surface area contributed by atoms with Crippen molar-refractivity contribution < 1.29 is 9.53 Å². The van der Waals surface area contributed by atoms with Crippen LogP contribution < -0.4 is 10.1 Å². The molecule has 1 N–H and O–H groups in total. The lowest BCUT2D eigenvalue weighted by atomic mass is 10.3. The highest BCUT2D eigenvalue weighted by molar-refractivity contribution is 7.21. The second-order valence-corrected chi connectivity index (χ2v) is 7.37. The maximum atomic E-state index is 12.2. The molecule has 0 aliphatic carbocycles. The molecule has 0 fully saturated rings. The summed E-state index contributed by atoms with van der Waals surface area (Å²) in [4.78, 5) is 19.2. The maximum Gasteiger partial charge on any atom is 0.261 e. The van der Waals surface area contributed by atoms with E-state index in [1.165, 1.54) is 11.3 Å². The first-order valence-corrected chi connectivity index (χ1v) is 9.30. The third-order valence-electron chi connectivity index (χ3n) is 3.43. The van der Waals surface area contributed by atoms with Crippen molar-refractivity contribution in [2.45, 2.75) is 0 Å². The molecule has 0 aliphatic rings. The molecule has 122 valence electrons. The van der Waals surface area contributed by atoms with Gasteiger partial charge >= 0.3 is 0 Å². The van der Waals surface area contributed by atoms with Crippen LogP contribution in [0.4, 0.5) is 0 Å². The molecule has 0 aliphatic heterocycles. The van der Waals surface area contributed by atoms with Crippen molar-refractivity contribution in [2.75, 3.05) is 13.2 Å². The number of carbonyl (C=O) groups excluding carboxylic acids is 1. The third-order valence-corrected chi connectivity index (χ3v) is 5.46. The Balaban J connectivity index is 1.35. The molecule has 0 spiro atoms. The number of thiophene rings is 1. The monoisotopic (exact) mass is 377 g/mol. The van der Waals surface area contributed by atoms with Gasteiger partial charge in [-0.05, 0) is 30.3 Å². The Morgan fingerprint density at radius 2 is 2.17 bits per heavy atom. The first-order chi connectivity index (χ1) is 11.7. The summed E-state index contributed by atoms with van der Waals surface area (Å²) in [6.45, 7) is 0.824. The Labute approximate surface area is 150 Å². The van der Waals surface area contributed by atoms with Gasteiger partial charge in [0, 0.05) is 16.6 Å². The molecule has 8 heteroatoms. The number of nitrogens with one attached hydrogen (secondary N) is 1. The van der Waals surface area contributed by atoms with Crippen LogP contribution in [0, 0.1) is 0 Å². The number of rotatable bonds is 5. The molecular formula is C16H12ClN3O2S2. The topological polar surface area (TPSA) is 55.6 Å². The van der Waals surface area contributed by atoms with Crippen LogP contribution in [0.2, 0.25) is 5.02 Å². The Morgan fingerprint density at radius 3 is 3.00 bits per heavy atom. The van der Waals surface area contributed by atoms with E-state index in [0.29, 0.717) is 23.1 Å². The number of imidazole rings is 1. The number of carbonyl (C=O) groups is 1. The lowest BCUT2D eigenvalue weighted by Gasteiger charge is -2.07. The number of halogens is 1. The number of amides is 1. The molecular weight excluding hydrogens is 366 g/mol. The Kier molecular flexibility index (Phi) is 4.13. The summed E-state index contributed by atoms with van der Waals surface area (Å²) in [5.74, 6) is 0.616. The van der Waals surface area contributed by atoms with Crippen molar-refractivity contribution in [1.29, 1.82) is 0 Å². The van der Waals surface area contributed by atoms with Gasteiger partial charge in [-0.1, -0.05) is 11.6 Å². The highest BCUT2D eigenvalue weighted by atomic mass is 35.5. The molecule has 0 bridgehead atoms. The Hall–Kier alpha value is -2.09. The summed E-state index contributed by atoms with van der Waals surface area (Å²) in [6.07, 6.45) is 1.96. The molecule has 3 heterocycles. The van der Waals surface area contributed by atoms with Crippen molar-refractivity contribution in [3.8, 4) is 5.75 Å². The Bertz CT molecular complexity index is 1000. The predicted molar refractivity (Wildman–Crippen MR) is 97.7 cm³/mol. The van der Waals surface area contributed by atoms with E-state index in [2.05, 4.69) is 10.3 Å². The van der Waals surface area contributed by atoms with Crippen LogP contribution in [0.1, 0.15) is 9.67 Å². The molecule has 0 saturated carbocycles. The molecule has 5 nitrogen and oxygen atoms in total. The van der Waals surface area contributed by atoms with Crippen LogP contribution in [-0.4, -0.2) is 28.4 Å². The molecule has 3 aromatic heterocycles. The fraction of sp³-hybridized carbons (Fsp3) is 0.125. The van der Waals surface area contributed by atoms with Crippen LogP contribution in [-0.2, 0) is 0 Å². The van der Waals surface area contributed by atoms with Gasteiger partial charge in [0.1, 0.15) is 17.2 Å². The highest BCUT2D eigenvalue weighted by Crippen LogP contribution is 2.28. The van der Waals surface area contributed by atoms with E-state index in [4.69, 9.17) is 16.3 Å². The van der Waals surface area contributed by atoms with E-state index in [9.17, 15) is 4.79 Å². The van der Waals surface area contributed by atoms with E-state index in [1.807, 2.05) is 22.0 Å². The lowest BCUT2D eigenvalue weighted by molar-refractivity contribution is 0.0951. The van der Waals surface area contributed by atoms with E-state index >= 15 is 0 Å². The molecule has 24 heavy (non-hydrogen) atoms. The van der Waals surface area contributed by atoms with Gasteiger partial charge in [0.05, 0.1) is 16.9 Å². The molecule has 0 saturated heterocycles. The van der Waals surface area contributed by atoms with Crippen molar-refractivity contribution in [3.63, 3.8) is 0 Å².